The van der Waals surface area contributed by atoms with Gasteiger partial charge in [0.25, 0.3) is 0 Å². The van der Waals surface area contributed by atoms with Crippen LogP contribution in [0.15, 0.2) is 53.6 Å². The fourth-order valence-electron chi connectivity index (χ4n) is 2.62. The van der Waals surface area contributed by atoms with E-state index in [9.17, 15) is 5.21 Å². The maximum absolute atomic E-state index is 12.2. The summed E-state index contributed by atoms with van der Waals surface area (Å²) in [6.07, 6.45) is 5.61. The number of hydrogen-bond acceptors (Lipinski definition) is 3. The first-order valence-corrected chi connectivity index (χ1v) is 9.63. The van der Waals surface area contributed by atoms with Crippen LogP contribution in [-0.2, 0) is 6.42 Å². The van der Waals surface area contributed by atoms with E-state index in [-0.39, 0.29) is 0 Å². The van der Waals surface area contributed by atoms with Gasteiger partial charge in [-0.15, -0.1) is 0 Å². The first-order valence-electron chi connectivity index (χ1n) is 9.63. The standard InChI is InChI=1S/C22H30N2O2/c1-4-6-7-16-26-22-14-12-21(13-15-22)24(25)23-20-10-8-19(9-11-20)17-18(3)5-2/h8-15,18H,4-7,16-17H2,1-3H3. The third-order valence-corrected chi connectivity index (χ3v) is 4.50. The molecule has 0 spiro atoms. The van der Waals surface area contributed by atoms with Crippen LogP contribution in [0.4, 0.5) is 11.4 Å². The molecule has 0 aliphatic heterocycles. The van der Waals surface area contributed by atoms with Crippen molar-refractivity contribution in [1.82, 2.24) is 0 Å². The molecule has 2 aromatic carbocycles. The van der Waals surface area contributed by atoms with E-state index >= 15 is 0 Å². The average molecular weight is 354 g/mol. The summed E-state index contributed by atoms with van der Waals surface area (Å²) in [5, 5.41) is 16.4. The van der Waals surface area contributed by atoms with Gasteiger partial charge in [-0.1, -0.05) is 57.0 Å². The Morgan fingerprint density at radius 2 is 1.69 bits per heavy atom. The van der Waals surface area contributed by atoms with Crippen LogP contribution in [0.25, 0.3) is 0 Å². The SMILES string of the molecule is CCCCCOc1ccc([N+]([O-])=Nc2ccc(CC(C)CC)cc2)cc1. The van der Waals surface area contributed by atoms with Gasteiger partial charge in [0.2, 0.25) is 5.69 Å². The van der Waals surface area contributed by atoms with Crippen molar-refractivity contribution in [3.05, 3.63) is 59.3 Å². The molecule has 0 saturated carbocycles. The summed E-state index contributed by atoms with van der Waals surface area (Å²) in [6, 6.07) is 15.0. The molecule has 0 aliphatic rings. The lowest BCUT2D eigenvalue weighted by Crippen LogP contribution is -1.97. The van der Waals surface area contributed by atoms with Gasteiger partial charge in [0, 0.05) is 17.2 Å². The van der Waals surface area contributed by atoms with E-state index < -0.39 is 0 Å². The molecule has 4 nitrogen and oxygen atoms in total. The van der Waals surface area contributed by atoms with Crippen LogP contribution in [-0.4, -0.2) is 11.5 Å². The van der Waals surface area contributed by atoms with Crippen molar-refractivity contribution in [2.75, 3.05) is 6.61 Å². The quantitative estimate of drug-likeness (QED) is 0.204. The predicted molar refractivity (Wildman–Crippen MR) is 106 cm³/mol. The molecule has 0 bridgehead atoms. The fourth-order valence-corrected chi connectivity index (χ4v) is 2.62. The largest absolute Gasteiger partial charge is 0.594 e. The molecular formula is C22H30N2O2. The lowest BCUT2D eigenvalue weighted by atomic mass is 9.99. The molecule has 0 fully saturated rings. The predicted octanol–water partition coefficient (Wildman–Crippen LogP) is 6.77. The van der Waals surface area contributed by atoms with E-state index in [1.165, 1.54) is 24.8 Å². The molecule has 1 atom stereocenters. The zero-order valence-electron chi connectivity index (χ0n) is 16.1. The Morgan fingerprint density at radius 1 is 1.00 bits per heavy atom. The van der Waals surface area contributed by atoms with Gasteiger partial charge in [0.15, 0.2) is 0 Å². The van der Waals surface area contributed by atoms with Gasteiger partial charge >= 0.3 is 0 Å². The highest BCUT2D eigenvalue weighted by Crippen LogP contribution is 2.22. The third-order valence-electron chi connectivity index (χ3n) is 4.50. The van der Waals surface area contributed by atoms with Gasteiger partial charge in [-0.25, -0.2) is 0 Å². The highest BCUT2D eigenvalue weighted by atomic mass is 16.5. The Hall–Kier alpha value is -2.36. The summed E-state index contributed by atoms with van der Waals surface area (Å²) < 4.78 is 5.66. The molecule has 0 heterocycles. The minimum Gasteiger partial charge on any atom is -0.594 e. The normalized spacial score (nSPS) is 12.8. The summed E-state index contributed by atoms with van der Waals surface area (Å²) in [5.41, 5.74) is 2.43. The van der Waals surface area contributed by atoms with E-state index in [0.29, 0.717) is 28.8 Å². The Morgan fingerprint density at radius 3 is 2.31 bits per heavy atom. The first kappa shape index (κ1) is 20.0. The van der Waals surface area contributed by atoms with Crippen LogP contribution >= 0.6 is 0 Å². The molecular weight excluding hydrogens is 324 g/mol. The second-order valence-electron chi connectivity index (χ2n) is 6.81. The Kier molecular flexibility index (Phi) is 8.13. The van der Waals surface area contributed by atoms with E-state index in [1.807, 2.05) is 36.4 Å². The molecule has 2 rings (SSSR count). The van der Waals surface area contributed by atoms with Crippen molar-refractivity contribution < 1.29 is 9.60 Å². The topological polar surface area (TPSA) is 47.7 Å². The Balaban J connectivity index is 1.95. The zero-order valence-corrected chi connectivity index (χ0v) is 16.1. The maximum atomic E-state index is 12.2. The van der Waals surface area contributed by atoms with E-state index in [4.69, 9.17) is 4.74 Å². The molecule has 0 aliphatic carbocycles. The lowest BCUT2D eigenvalue weighted by molar-refractivity contribution is -0.435. The van der Waals surface area contributed by atoms with Crippen LogP contribution in [0, 0.1) is 11.1 Å². The van der Waals surface area contributed by atoms with Crippen molar-refractivity contribution in [3.63, 3.8) is 0 Å². The van der Waals surface area contributed by atoms with Crippen LogP contribution in [0.1, 0.15) is 52.0 Å². The van der Waals surface area contributed by atoms with Crippen LogP contribution in [0.2, 0.25) is 0 Å². The molecule has 1 unspecified atom stereocenters. The molecule has 4 heteroatoms. The number of azo groups is 1. The number of unbranched alkanes of at least 4 members (excludes halogenated alkanes) is 2. The number of rotatable bonds is 10. The van der Waals surface area contributed by atoms with Gasteiger partial charge in [-0.2, -0.15) is 0 Å². The molecule has 0 saturated heterocycles. The number of hydrogen-bond donors (Lipinski definition) is 0. The molecule has 0 N–H and O–H groups in total. The van der Waals surface area contributed by atoms with Crippen molar-refractivity contribution in [3.8, 4) is 5.75 Å². The van der Waals surface area contributed by atoms with Crippen LogP contribution in [0.5, 0.6) is 5.75 Å². The molecule has 0 amide bonds. The van der Waals surface area contributed by atoms with Crippen molar-refractivity contribution in [2.24, 2.45) is 11.0 Å². The minimum absolute atomic E-state index is 0.495. The minimum atomic E-state index is 0.495. The zero-order chi connectivity index (χ0) is 18.8. The highest BCUT2D eigenvalue weighted by molar-refractivity contribution is 5.39. The van der Waals surface area contributed by atoms with Gasteiger partial charge in [-0.05, 0) is 48.6 Å². The van der Waals surface area contributed by atoms with E-state index in [0.717, 1.165) is 18.6 Å². The third kappa shape index (κ3) is 6.51. The number of ether oxygens (including phenoxy) is 1. The monoisotopic (exact) mass is 354 g/mol. The summed E-state index contributed by atoms with van der Waals surface area (Å²) >= 11 is 0. The Labute approximate surface area is 157 Å². The number of benzene rings is 2. The van der Waals surface area contributed by atoms with Crippen LogP contribution < -0.4 is 4.74 Å². The van der Waals surface area contributed by atoms with E-state index in [2.05, 4.69) is 25.9 Å². The van der Waals surface area contributed by atoms with Gasteiger partial charge in [-0.3, -0.25) is 0 Å². The lowest BCUT2D eigenvalue weighted by Gasteiger charge is -2.08. The smallest absolute Gasteiger partial charge is 0.245 e. The molecule has 0 aromatic heterocycles. The van der Waals surface area contributed by atoms with E-state index in [1.54, 1.807) is 12.1 Å². The highest BCUT2D eigenvalue weighted by Gasteiger charge is 2.06. The van der Waals surface area contributed by atoms with Crippen molar-refractivity contribution in [2.45, 2.75) is 52.9 Å². The molecule has 140 valence electrons. The van der Waals surface area contributed by atoms with Crippen LogP contribution in [0.3, 0.4) is 0 Å². The summed E-state index contributed by atoms with van der Waals surface area (Å²) in [7, 11) is 0. The molecule has 2 aromatic rings. The van der Waals surface area contributed by atoms with Gasteiger partial charge in [0.05, 0.1) is 6.61 Å². The maximum Gasteiger partial charge on any atom is 0.245 e. The summed E-state index contributed by atoms with van der Waals surface area (Å²) in [4.78, 5) is 0.657. The van der Waals surface area contributed by atoms with Gasteiger partial charge < -0.3 is 9.94 Å². The second kappa shape index (κ2) is 10.6. The fraction of sp³-hybridized carbons (Fsp3) is 0.455. The van der Waals surface area contributed by atoms with Crippen molar-refractivity contribution in [1.29, 1.82) is 0 Å². The van der Waals surface area contributed by atoms with Gasteiger partial charge in [0.1, 0.15) is 11.4 Å². The average Bonchev–Trinajstić information content (AvgIpc) is 2.67. The molecule has 26 heavy (non-hydrogen) atoms. The summed E-state index contributed by atoms with van der Waals surface area (Å²) in [6.45, 7) is 7.32. The number of nitrogens with zero attached hydrogens (tertiary/aromatic N) is 2. The second-order valence-corrected chi connectivity index (χ2v) is 6.81. The first-order chi connectivity index (χ1) is 12.6. The van der Waals surface area contributed by atoms with Crippen molar-refractivity contribution >= 4 is 11.4 Å². The Bertz CT molecular complexity index is 678. The summed E-state index contributed by atoms with van der Waals surface area (Å²) in [5.74, 6) is 1.45. The molecule has 0 radical (unpaired) electrons.